The fourth-order valence-electron chi connectivity index (χ4n) is 1.91. The molecule has 0 saturated carbocycles. The number of nitrogens with zero attached hydrogens (tertiary/aromatic N) is 2. The van der Waals surface area contributed by atoms with Crippen LogP contribution < -0.4 is 5.32 Å². The lowest BCUT2D eigenvalue weighted by atomic mass is 9.88. The predicted octanol–water partition coefficient (Wildman–Crippen LogP) is 3.95. The number of nitriles is 1. The minimum atomic E-state index is -0.364. The number of nitro groups is 1. The van der Waals surface area contributed by atoms with Crippen molar-refractivity contribution in [3.05, 3.63) is 33.4 Å². The lowest BCUT2D eigenvalue weighted by Crippen LogP contribution is -2.23. The van der Waals surface area contributed by atoms with Crippen molar-refractivity contribution in [2.24, 2.45) is 5.41 Å². The monoisotopic (exact) mass is 275 g/mol. The number of hydrogen-bond acceptors (Lipinski definition) is 4. The Morgan fingerprint density at radius 3 is 2.50 bits per heavy atom. The van der Waals surface area contributed by atoms with E-state index < -0.39 is 0 Å². The molecule has 1 N–H and O–H groups in total. The molecule has 0 bridgehead atoms. The first-order valence-corrected chi connectivity index (χ1v) is 6.63. The zero-order chi connectivity index (χ0) is 15.3. The Morgan fingerprint density at radius 2 is 1.95 bits per heavy atom. The Labute approximate surface area is 119 Å². The summed E-state index contributed by atoms with van der Waals surface area (Å²) in [5, 5.41) is 22.9. The van der Waals surface area contributed by atoms with Crippen LogP contribution >= 0.6 is 0 Å². The van der Waals surface area contributed by atoms with Crippen LogP contribution in [-0.4, -0.2) is 11.5 Å². The van der Waals surface area contributed by atoms with Crippen LogP contribution in [0.15, 0.2) is 12.1 Å². The Balaban J connectivity index is 2.90. The molecule has 0 saturated heterocycles. The summed E-state index contributed by atoms with van der Waals surface area (Å²) in [5.41, 5.74) is 2.49. The Morgan fingerprint density at radius 1 is 1.35 bits per heavy atom. The van der Waals surface area contributed by atoms with E-state index in [-0.39, 0.29) is 16.0 Å². The third-order valence-corrected chi connectivity index (χ3v) is 3.48. The van der Waals surface area contributed by atoms with E-state index in [4.69, 9.17) is 5.26 Å². The maximum absolute atomic E-state index is 11.1. The lowest BCUT2D eigenvalue weighted by Gasteiger charge is -2.24. The van der Waals surface area contributed by atoms with Crippen molar-refractivity contribution in [1.29, 1.82) is 5.26 Å². The second-order valence-electron chi connectivity index (χ2n) is 5.89. The molecule has 1 aromatic rings. The summed E-state index contributed by atoms with van der Waals surface area (Å²) in [4.78, 5) is 10.7. The molecule has 20 heavy (non-hydrogen) atoms. The van der Waals surface area contributed by atoms with Gasteiger partial charge in [0.2, 0.25) is 0 Å². The van der Waals surface area contributed by atoms with Gasteiger partial charge in [-0.25, -0.2) is 0 Å². The molecule has 0 heterocycles. The minimum Gasteiger partial charge on any atom is -0.379 e. The highest BCUT2D eigenvalue weighted by molar-refractivity contribution is 5.64. The molecular weight excluding hydrogens is 254 g/mol. The molecule has 0 radical (unpaired) electrons. The van der Waals surface area contributed by atoms with Crippen LogP contribution in [0.3, 0.4) is 0 Å². The maximum Gasteiger partial charge on any atom is 0.292 e. The van der Waals surface area contributed by atoms with Gasteiger partial charge in [0.15, 0.2) is 0 Å². The van der Waals surface area contributed by atoms with Gasteiger partial charge in [-0.1, -0.05) is 13.8 Å². The average molecular weight is 275 g/mol. The van der Waals surface area contributed by atoms with Crippen molar-refractivity contribution in [1.82, 2.24) is 0 Å². The van der Waals surface area contributed by atoms with Gasteiger partial charge in [0.1, 0.15) is 5.69 Å². The molecule has 0 spiro atoms. The van der Waals surface area contributed by atoms with E-state index in [0.29, 0.717) is 18.7 Å². The summed E-state index contributed by atoms with van der Waals surface area (Å²) in [7, 11) is 0. The molecule has 0 unspecified atom stereocenters. The highest BCUT2D eigenvalue weighted by Crippen LogP contribution is 2.30. The molecule has 1 aromatic carbocycles. The fourth-order valence-corrected chi connectivity index (χ4v) is 1.91. The van der Waals surface area contributed by atoms with Gasteiger partial charge >= 0.3 is 0 Å². The van der Waals surface area contributed by atoms with Gasteiger partial charge in [-0.05, 0) is 42.9 Å². The van der Waals surface area contributed by atoms with Crippen LogP contribution in [-0.2, 0) is 0 Å². The topological polar surface area (TPSA) is 79.0 Å². The Bertz CT molecular complexity index is 545. The van der Waals surface area contributed by atoms with E-state index in [1.54, 1.807) is 6.07 Å². The molecule has 0 aromatic heterocycles. The van der Waals surface area contributed by atoms with Crippen molar-refractivity contribution in [3.8, 4) is 6.07 Å². The molecule has 0 atom stereocenters. The number of nitrogens with one attached hydrogen (secondary N) is 1. The van der Waals surface area contributed by atoms with Gasteiger partial charge in [0, 0.05) is 19.0 Å². The number of rotatable bonds is 6. The first-order chi connectivity index (χ1) is 9.26. The standard InChI is InChI=1S/C15H21N3O2/c1-11-8-13(14(18(19)20)9-12(11)2)17-10-15(3,4)6-5-7-16/h8-9,17H,5-6,10H2,1-4H3. The molecule has 5 nitrogen and oxygen atoms in total. The van der Waals surface area contributed by atoms with Crippen LogP contribution in [0.1, 0.15) is 37.8 Å². The average Bonchev–Trinajstić information content (AvgIpc) is 2.37. The summed E-state index contributed by atoms with van der Waals surface area (Å²) >= 11 is 0. The summed E-state index contributed by atoms with van der Waals surface area (Å²) in [6, 6.07) is 5.54. The Kier molecular flexibility index (Phi) is 5.09. The van der Waals surface area contributed by atoms with Crippen LogP contribution in [0.5, 0.6) is 0 Å². The van der Waals surface area contributed by atoms with Gasteiger partial charge in [-0.3, -0.25) is 10.1 Å². The number of benzene rings is 1. The van der Waals surface area contributed by atoms with E-state index in [9.17, 15) is 10.1 Å². The molecule has 0 aliphatic heterocycles. The van der Waals surface area contributed by atoms with Crippen LogP contribution in [0.4, 0.5) is 11.4 Å². The number of aryl methyl sites for hydroxylation is 2. The second-order valence-corrected chi connectivity index (χ2v) is 5.89. The summed E-state index contributed by atoms with van der Waals surface area (Å²) in [5.74, 6) is 0. The minimum absolute atomic E-state index is 0.0810. The maximum atomic E-state index is 11.1. The smallest absolute Gasteiger partial charge is 0.292 e. The van der Waals surface area contributed by atoms with Crippen molar-refractivity contribution in [2.75, 3.05) is 11.9 Å². The predicted molar refractivity (Wildman–Crippen MR) is 79.7 cm³/mol. The summed E-state index contributed by atoms with van der Waals surface area (Å²) in [6.07, 6.45) is 1.25. The second kappa shape index (κ2) is 6.38. The van der Waals surface area contributed by atoms with Gasteiger partial charge in [0.25, 0.3) is 5.69 Å². The number of hydrogen-bond donors (Lipinski definition) is 1. The third-order valence-electron chi connectivity index (χ3n) is 3.48. The number of nitro benzene ring substituents is 1. The first kappa shape index (κ1) is 16.0. The summed E-state index contributed by atoms with van der Waals surface area (Å²) < 4.78 is 0. The van der Waals surface area contributed by atoms with Crippen molar-refractivity contribution in [2.45, 2.75) is 40.5 Å². The molecule has 0 fully saturated rings. The molecular formula is C15H21N3O2. The first-order valence-electron chi connectivity index (χ1n) is 6.63. The Hall–Kier alpha value is -2.09. The normalized spacial score (nSPS) is 10.9. The van der Waals surface area contributed by atoms with E-state index in [2.05, 4.69) is 11.4 Å². The molecule has 108 valence electrons. The molecule has 0 amide bonds. The molecule has 0 aliphatic rings. The van der Waals surface area contributed by atoms with Crippen molar-refractivity contribution >= 4 is 11.4 Å². The SMILES string of the molecule is Cc1cc(NCC(C)(C)CCC#N)c([N+](=O)[O-])cc1C. The quantitative estimate of drug-likeness (QED) is 0.629. The van der Waals surface area contributed by atoms with Gasteiger partial charge < -0.3 is 5.32 Å². The van der Waals surface area contributed by atoms with Crippen LogP contribution in [0, 0.1) is 40.7 Å². The number of anilines is 1. The lowest BCUT2D eigenvalue weighted by molar-refractivity contribution is -0.384. The van der Waals surface area contributed by atoms with E-state index in [1.165, 1.54) is 0 Å². The fraction of sp³-hybridized carbons (Fsp3) is 0.533. The zero-order valence-corrected chi connectivity index (χ0v) is 12.5. The van der Waals surface area contributed by atoms with Crippen molar-refractivity contribution < 1.29 is 4.92 Å². The largest absolute Gasteiger partial charge is 0.379 e. The van der Waals surface area contributed by atoms with E-state index >= 15 is 0 Å². The summed E-state index contributed by atoms with van der Waals surface area (Å²) in [6.45, 7) is 8.49. The van der Waals surface area contributed by atoms with Gasteiger partial charge in [0.05, 0.1) is 11.0 Å². The van der Waals surface area contributed by atoms with Gasteiger partial charge in [-0.15, -0.1) is 0 Å². The highest BCUT2D eigenvalue weighted by atomic mass is 16.6. The van der Waals surface area contributed by atoms with Crippen LogP contribution in [0.2, 0.25) is 0 Å². The van der Waals surface area contributed by atoms with Crippen LogP contribution in [0.25, 0.3) is 0 Å². The highest BCUT2D eigenvalue weighted by Gasteiger charge is 2.20. The molecule has 1 rings (SSSR count). The van der Waals surface area contributed by atoms with Crippen molar-refractivity contribution in [3.63, 3.8) is 0 Å². The molecule has 0 aliphatic carbocycles. The van der Waals surface area contributed by atoms with E-state index in [0.717, 1.165) is 17.5 Å². The molecule has 5 heteroatoms. The van der Waals surface area contributed by atoms with E-state index in [1.807, 2.05) is 33.8 Å². The third kappa shape index (κ3) is 4.23. The van der Waals surface area contributed by atoms with Gasteiger partial charge in [-0.2, -0.15) is 5.26 Å². The zero-order valence-electron chi connectivity index (χ0n) is 12.5.